The number of amides is 1. The number of hydrogen-bond donors (Lipinski definition) is 1. The predicted molar refractivity (Wildman–Crippen MR) is 104 cm³/mol. The predicted octanol–water partition coefficient (Wildman–Crippen LogP) is 1.70. The fraction of sp³-hybridized carbons (Fsp3) is 0.300. The van der Waals surface area contributed by atoms with E-state index in [0.717, 1.165) is 43.7 Å². The molecular weight excluding hydrogens is 362 g/mol. The number of ether oxygens (including phenoxy) is 2. The number of carbonyl (C=O) groups is 1. The largest absolute Gasteiger partial charge is 0.454 e. The Bertz CT molecular complexity index is 939. The number of likely N-dealkylation sites (N-methyl/N-ethyl adjacent to an activating group) is 2. The Morgan fingerprint density at radius 2 is 2.04 bits per heavy atom. The van der Waals surface area contributed by atoms with Crippen molar-refractivity contribution in [3.63, 3.8) is 0 Å². The van der Waals surface area contributed by atoms with Gasteiger partial charge >= 0.3 is 0 Å². The van der Waals surface area contributed by atoms with Crippen molar-refractivity contribution in [3.05, 3.63) is 53.0 Å². The van der Waals surface area contributed by atoms with E-state index in [1.807, 2.05) is 50.5 Å². The maximum atomic E-state index is 12.6. The van der Waals surface area contributed by atoms with E-state index in [9.17, 15) is 4.79 Å². The molecule has 0 bridgehead atoms. The van der Waals surface area contributed by atoms with E-state index in [1.165, 1.54) is 0 Å². The third-order valence-corrected chi connectivity index (χ3v) is 5.55. The van der Waals surface area contributed by atoms with Gasteiger partial charge in [0.15, 0.2) is 18.0 Å². The molecule has 1 atom stereocenters. The molecule has 0 spiro atoms. The molecule has 0 aliphatic carbocycles. The number of carbonyl (C=O) groups excluding carboxylic acids is 1. The first-order valence-electron chi connectivity index (χ1n) is 8.87. The van der Waals surface area contributed by atoms with E-state index in [4.69, 9.17) is 9.47 Å². The zero-order chi connectivity index (χ0) is 18.8. The zero-order valence-corrected chi connectivity index (χ0v) is 16.2. The Hall–Kier alpha value is -2.64. The van der Waals surface area contributed by atoms with Crippen molar-refractivity contribution in [3.8, 4) is 11.5 Å². The Balaban J connectivity index is 1.33. The summed E-state index contributed by atoms with van der Waals surface area (Å²) < 4.78 is 11.9. The van der Waals surface area contributed by atoms with E-state index < -0.39 is 0 Å². The second kappa shape index (κ2) is 7.54. The minimum atomic E-state index is 0.104. The summed E-state index contributed by atoms with van der Waals surface area (Å²) >= 11 is 1.64. The van der Waals surface area contributed by atoms with Crippen LogP contribution in [0.5, 0.6) is 11.5 Å². The number of nitrogens with zero attached hydrogens (tertiary/aromatic N) is 2. The summed E-state index contributed by atoms with van der Waals surface area (Å²) in [6, 6.07) is 14.0. The molecular formula is C20H22N3O3S+. The molecule has 0 fully saturated rings. The quantitative estimate of drug-likeness (QED) is 0.703. The molecule has 1 N–H and O–H groups in total. The lowest BCUT2D eigenvalue weighted by Crippen LogP contribution is -3.08. The normalized spacial score (nSPS) is 13.7. The molecule has 0 radical (unpaired) electrons. The first-order valence-corrected chi connectivity index (χ1v) is 9.68. The Labute approximate surface area is 161 Å². The fourth-order valence-corrected chi connectivity index (χ4v) is 4.15. The van der Waals surface area contributed by atoms with Crippen LogP contribution >= 0.6 is 11.3 Å². The molecule has 1 amide bonds. The third-order valence-electron chi connectivity index (χ3n) is 4.53. The first kappa shape index (κ1) is 17.8. The number of hydrogen-bond acceptors (Lipinski definition) is 5. The molecule has 1 aliphatic heterocycles. The maximum Gasteiger partial charge on any atom is 0.277 e. The van der Waals surface area contributed by atoms with Gasteiger partial charge in [0.2, 0.25) is 6.79 Å². The SMILES string of the molecule is CN(Cc1nc2ccccc2s1)C(=O)C[NH+](C)Cc1ccc2c(c1)OCO2. The molecule has 2 aromatic carbocycles. The highest BCUT2D eigenvalue weighted by Crippen LogP contribution is 2.32. The first-order chi connectivity index (χ1) is 13.1. The molecule has 6 nitrogen and oxygen atoms in total. The van der Waals surface area contributed by atoms with Gasteiger partial charge in [0.25, 0.3) is 5.91 Å². The van der Waals surface area contributed by atoms with Crippen molar-refractivity contribution in [2.24, 2.45) is 0 Å². The molecule has 1 unspecified atom stereocenters. The number of rotatable bonds is 6. The van der Waals surface area contributed by atoms with Crippen molar-refractivity contribution < 1.29 is 19.2 Å². The average Bonchev–Trinajstić information content (AvgIpc) is 3.26. The van der Waals surface area contributed by atoms with Crippen LogP contribution in [0, 0.1) is 0 Å². The van der Waals surface area contributed by atoms with Gasteiger partial charge < -0.3 is 19.3 Å². The lowest BCUT2D eigenvalue weighted by Gasteiger charge is -2.19. The van der Waals surface area contributed by atoms with Crippen LogP contribution < -0.4 is 14.4 Å². The summed E-state index contributed by atoms with van der Waals surface area (Å²) in [6.45, 7) is 1.99. The highest BCUT2D eigenvalue weighted by molar-refractivity contribution is 7.18. The molecule has 2 heterocycles. The van der Waals surface area contributed by atoms with E-state index >= 15 is 0 Å². The maximum absolute atomic E-state index is 12.6. The molecule has 0 saturated carbocycles. The van der Waals surface area contributed by atoms with Crippen LogP contribution in [-0.2, 0) is 17.9 Å². The topological polar surface area (TPSA) is 56.1 Å². The van der Waals surface area contributed by atoms with Gasteiger partial charge in [-0.25, -0.2) is 4.98 Å². The standard InChI is InChI=1S/C20H21N3O3S/c1-22(10-14-7-8-16-17(9-14)26-13-25-16)12-20(24)23(2)11-19-21-15-5-3-4-6-18(15)27-19/h3-9H,10-13H2,1-2H3/p+1. The van der Waals surface area contributed by atoms with Gasteiger partial charge in [0.05, 0.1) is 23.8 Å². The smallest absolute Gasteiger partial charge is 0.277 e. The Morgan fingerprint density at radius 1 is 1.22 bits per heavy atom. The number of aromatic nitrogens is 1. The van der Waals surface area contributed by atoms with Gasteiger partial charge in [-0.1, -0.05) is 12.1 Å². The number of benzene rings is 2. The number of para-hydroxylation sites is 1. The Morgan fingerprint density at radius 3 is 2.89 bits per heavy atom. The van der Waals surface area contributed by atoms with E-state index in [0.29, 0.717) is 13.1 Å². The van der Waals surface area contributed by atoms with Gasteiger partial charge in [-0.05, 0) is 30.3 Å². The monoisotopic (exact) mass is 384 g/mol. The summed E-state index contributed by atoms with van der Waals surface area (Å²) in [7, 11) is 3.86. The minimum Gasteiger partial charge on any atom is -0.454 e. The fourth-order valence-electron chi connectivity index (χ4n) is 3.13. The van der Waals surface area contributed by atoms with Gasteiger partial charge in [-0.15, -0.1) is 11.3 Å². The van der Waals surface area contributed by atoms with Crippen molar-refractivity contribution >= 4 is 27.5 Å². The summed E-state index contributed by atoms with van der Waals surface area (Å²) in [5, 5.41) is 0.959. The molecule has 27 heavy (non-hydrogen) atoms. The van der Waals surface area contributed by atoms with Crippen LogP contribution in [0.2, 0.25) is 0 Å². The highest BCUT2D eigenvalue weighted by atomic mass is 32.1. The number of fused-ring (bicyclic) bond motifs is 2. The summed E-state index contributed by atoms with van der Waals surface area (Å²) in [5.74, 6) is 1.66. The molecule has 1 aromatic heterocycles. The lowest BCUT2D eigenvalue weighted by molar-refractivity contribution is -0.885. The molecule has 1 aliphatic rings. The summed E-state index contributed by atoms with van der Waals surface area (Å²) in [4.78, 5) is 20.1. The van der Waals surface area contributed by atoms with Crippen LogP contribution in [0.3, 0.4) is 0 Å². The van der Waals surface area contributed by atoms with Gasteiger partial charge in [-0.2, -0.15) is 0 Å². The number of quaternary nitrogens is 1. The van der Waals surface area contributed by atoms with Crippen LogP contribution in [0.25, 0.3) is 10.2 Å². The van der Waals surface area contributed by atoms with Gasteiger partial charge in [0.1, 0.15) is 11.6 Å². The van der Waals surface area contributed by atoms with Crippen molar-refractivity contribution in [2.45, 2.75) is 13.1 Å². The number of thiazole rings is 1. The molecule has 140 valence electrons. The average molecular weight is 384 g/mol. The van der Waals surface area contributed by atoms with Crippen LogP contribution in [0.1, 0.15) is 10.6 Å². The van der Waals surface area contributed by atoms with Crippen molar-refractivity contribution in [1.29, 1.82) is 0 Å². The van der Waals surface area contributed by atoms with Crippen molar-refractivity contribution in [2.75, 3.05) is 27.4 Å². The molecule has 0 saturated heterocycles. The van der Waals surface area contributed by atoms with E-state index in [1.54, 1.807) is 16.2 Å². The van der Waals surface area contributed by atoms with E-state index in [-0.39, 0.29) is 12.7 Å². The van der Waals surface area contributed by atoms with Gasteiger partial charge in [0, 0.05) is 12.6 Å². The lowest BCUT2D eigenvalue weighted by atomic mass is 10.2. The van der Waals surface area contributed by atoms with Crippen molar-refractivity contribution in [1.82, 2.24) is 9.88 Å². The van der Waals surface area contributed by atoms with Gasteiger partial charge in [-0.3, -0.25) is 4.79 Å². The second-order valence-electron chi connectivity index (χ2n) is 6.82. The molecule has 3 aromatic rings. The highest BCUT2D eigenvalue weighted by Gasteiger charge is 2.18. The molecule has 4 rings (SSSR count). The minimum absolute atomic E-state index is 0.104. The molecule has 7 heteroatoms. The van der Waals surface area contributed by atoms with Crippen LogP contribution in [0.4, 0.5) is 0 Å². The number of nitrogens with one attached hydrogen (secondary N) is 1. The van der Waals surface area contributed by atoms with Crippen LogP contribution in [0.15, 0.2) is 42.5 Å². The third kappa shape index (κ3) is 4.04. The summed E-state index contributed by atoms with van der Waals surface area (Å²) in [5.41, 5.74) is 2.11. The Kier molecular flexibility index (Phi) is 4.96. The second-order valence-corrected chi connectivity index (χ2v) is 7.94. The summed E-state index contributed by atoms with van der Waals surface area (Å²) in [6.07, 6.45) is 0. The zero-order valence-electron chi connectivity index (χ0n) is 15.4. The van der Waals surface area contributed by atoms with Crippen LogP contribution in [-0.4, -0.2) is 43.2 Å². The van der Waals surface area contributed by atoms with E-state index in [2.05, 4.69) is 11.1 Å².